The minimum Gasteiger partial charge on any atom is -0.394 e. The number of ether oxygens (including phenoxy) is 1. The van der Waals surface area contributed by atoms with E-state index in [1.165, 1.54) is 6.42 Å². The summed E-state index contributed by atoms with van der Waals surface area (Å²) >= 11 is 0. The Morgan fingerprint density at radius 1 is 1.20 bits per heavy atom. The first-order valence-electron chi connectivity index (χ1n) is 10.9. The summed E-state index contributed by atoms with van der Waals surface area (Å²) in [6.07, 6.45) is 5.27. The number of hydrogen-bond acceptors (Lipinski definition) is 4. The summed E-state index contributed by atoms with van der Waals surface area (Å²) in [5, 5.41) is 9.94. The summed E-state index contributed by atoms with van der Waals surface area (Å²) in [6, 6.07) is 7.68. The summed E-state index contributed by atoms with van der Waals surface area (Å²) in [5.74, 6) is 6.17. The van der Waals surface area contributed by atoms with E-state index in [0.29, 0.717) is 13.2 Å². The molecule has 0 aromatic heterocycles. The molecule has 0 radical (unpaired) electrons. The van der Waals surface area contributed by atoms with Crippen LogP contribution in [0.15, 0.2) is 24.3 Å². The Kier molecular flexibility index (Phi) is 6.40. The van der Waals surface area contributed by atoms with E-state index in [-0.39, 0.29) is 48.9 Å². The van der Waals surface area contributed by atoms with Crippen molar-refractivity contribution in [2.45, 2.75) is 50.1 Å². The fourth-order valence-electron chi connectivity index (χ4n) is 5.27. The smallest absolute Gasteiger partial charge is 0.242 e. The SMILES string of the molecule is COCC#Cc1ccc([C@H]2[C@@H](CO)N3C(=O)CN(C(=O)C4CCCCC4)C[C@H]23)cc1. The molecule has 4 rings (SSSR count). The molecule has 0 unspecified atom stereocenters. The highest BCUT2D eigenvalue weighted by Crippen LogP contribution is 2.43. The number of carbonyl (C=O) groups is 2. The zero-order chi connectivity index (χ0) is 21.1. The van der Waals surface area contributed by atoms with E-state index in [4.69, 9.17) is 4.74 Å². The standard InChI is InChI=1S/C24H30N2O4/c1-30-13-5-6-17-9-11-18(12-10-17)23-20-14-25(15-22(28)26(20)21(23)16-27)24(29)19-7-3-2-4-8-19/h9-12,19-21,23,27H,2-4,7-8,13-16H2,1H3/t20-,21-,23-/m1/s1. The van der Waals surface area contributed by atoms with Gasteiger partial charge in [0, 0.05) is 31.1 Å². The Morgan fingerprint density at radius 3 is 2.60 bits per heavy atom. The Balaban J connectivity index is 1.49. The average Bonchev–Trinajstić information content (AvgIpc) is 2.76. The first kappa shape index (κ1) is 20.9. The number of aliphatic hydroxyl groups excluding tert-OH is 1. The molecule has 6 heteroatoms. The third-order valence-electron chi connectivity index (χ3n) is 6.76. The van der Waals surface area contributed by atoms with Crippen LogP contribution in [-0.4, -0.2) is 72.2 Å². The van der Waals surface area contributed by atoms with Crippen LogP contribution in [0.4, 0.5) is 0 Å². The molecule has 3 fully saturated rings. The number of aliphatic hydroxyl groups is 1. The van der Waals surface area contributed by atoms with Crippen LogP contribution in [0.5, 0.6) is 0 Å². The van der Waals surface area contributed by atoms with Gasteiger partial charge < -0.3 is 19.6 Å². The van der Waals surface area contributed by atoms with Crippen molar-refractivity contribution in [3.63, 3.8) is 0 Å². The molecule has 1 aromatic carbocycles. The normalized spacial score (nSPS) is 26.5. The van der Waals surface area contributed by atoms with E-state index in [9.17, 15) is 14.7 Å². The minimum absolute atomic E-state index is 0.0295. The number of benzene rings is 1. The van der Waals surface area contributed by atoms with Crippen molar-refractivity contribution in [2.24, 2.45) is 5.92 Å². The van der Waals surface area contributed by atoms with Gasteiger partial charge in [0.1, 0.15) is 6.61 Å². The van der Waals surface area contributed by atoms with E-state index >= 15 is 0 Å². The molecular formula is C24H30N2O4. The largest absolute Gasteiger partial charge is 0.394 e. The molecule has 1 aromatic rings. The molecular weight excluding hydrogens is 380 g/mol. The van der Waals surface area contributed by atoms with Crippen LogP contribution in [0, 0.1) is 17.8 Å². The minimum atomic E-state index is -0.222. The third-order valence-corrected chi connectivity index (χ3v) is 6.76. The van der Waals surface area contributed by atoms with E-state index in [2.05, 4.69) is 11.8 Å². The molecule has 1 aliphatic carbocycles. The maximum atomic E-state index is 13.0. The zero-order valence-electron chi connectivity index (χ0n) is 17.5. The first-order valence-corrected chi connectivity index (χ1v) is 10.9. The lowest BCUT2D eigenvalue weighted by Gasteiger charge is -2.59. The number of fused-ring (bicyclic) bond motifs is 1. The monoisotopic (exact) mass is 410 g/mol. The van der Waals surface area contributed by atoms with Crippen LogP contribution in [0.1, 0.15) is 49.1 Å². The number of carbonyl (C=O) groups excluding carboxylic acids is 2. The van der Waals surface area contributed by atoms with Crippen molar-refractivity contribution in [3.8, 4) is 11.8 Å². The van der Waals surface area contributed by atoms with Gasteiger partial charge >= 0.3 is 0 Å². The predicted molar refractivity (Wildman–Crippen MR) is 113 cm³/mol. The lowest BCUT2D eigenvalue weighted by atomic mass is 9.73. The molecule has 2 saturated heterocycles. The van der Waals surface area contributed by atoms with Crippen LogP contribution >= 0.6 is 0 Å². The second kappa shape index (κ2) is 9.20. The first-order chi connectivity index (χ1) is 14.6. The van der Waals surface area contributed by atoms with Gasteiger partial charge in [-0.2, -0.15) is 0 Å². The fourth-order valence-corrected chi connectivity index (χ4v) is 5.27. The van der Waals surface area contributed by atoms with Crippen molar-refractivity contribution < 1.29 is 19.4 Å². The van der Waals surface area contributed by atoms with Crippen LogP contribution in [0.2, 0.25) is 0 Å². The van der Waals surface area contributed by atoms with Crippen molar-refractivity contribution in [1.29, 1.82) is 0 Å². The number of piperazine rings is 1. The van der Waals surface area contributed by atoms with E-state index in [0.717, 1.165) is 36.8 Å². The molecule has 3 aliphatic rings. The number of methoxy groups -OCH3 is 1. The van der Waals surface area contributed by atoms with E-state index < -0.39 is 0 Å². The molecule has 3 atom stereocenters. The summed E-state index contributed by atoms with van der Waals surface area (Å²) < 4.78 is 4.95. The maximum Gasteiger partial charge on any atom is 0.242 e. The molecule has 0 bridgehead atoms. The topological polar surface area (TPSA) is 70.1 Å². The second-order valence-corrected chi connectivity index (χ2v) is 8.55. The summed E-state index contributed by atoms with van der Waals surface area (Å²) in [4.78, 5) is 29.4. The molecule has 160 valence electrons. The molecule has 2 aliphatic heterocycles. The molecule has 30 heavy (non-hydrogen) atoms. The third kappa shape index (κ3) is 3.97. The van der Waals surface area contributed by atoms with Gasteiger partial charge in [0.05, 0.1) is 25.2 Å². The summed E-state index contributed by atoms with van der Waals surface area (Å²) in [5.41, 5.74) is 1.98. The van der Waals surface area contributed by atoms with Gasteiger partial charge in [-0.25, -0.2) is 0 Å². The Bertz CT molecular complexity index is 835. The van der Waals surface area contributed by atoms with Gasteiger partial charge in [0.2, 0.25) is 11.8 Å². The molecule has 1 N–H and O–H groups in total. The van der Waals surface area contributed by atoms with Crippen molar-refractivity contribution in [3.05, 3.63) is 35.4 Å². The van der Waals surface area contributed by atoms with Crippen LogP contribution in [0.25, 0.3) is 0 Å². The maximum absolute atomic E-state index is 13.0. The van der Waals surface area contributed by atoms with Crippen LogP contribution in [-0.2, 0) is 14.3 Å². The van der Waals surface area contributed by atoms with Crippen molar-refractivity contribution in [1.82, 2.24) is 9.80 Å². The van der Waals surface area contributed by atoms with E-state index in [1.54, 1.807) is 16.9 Å². The van der Waals surface area contributed by atoms with Gasteiger partial charge in [-0.15, -0.1) is 0 Å². The fraction of sp³-hybridized carbons (Fsp3) is 0.583. The summed E-state index contributed by atoms with van der Waals surface area (Å²) in [6.45, 7) is 1.01. The summed E-state index contributed by atoms with van der Waals surface area (Å²) in [7, 11) is 1.61. The van der Waals surface area contributed by atoms with Crippen molar-refractivity contribution >= 4 is 11.8 Å². The Labute approximate surface area is 178 Å². The zero-order valence-corrected chi connectivity index (χ0v) is 17.5. The Morgan fingerprint density at radius 2 is 1.93 bits per heavy atom. The van der Waals surface area contributed by atoms with Gasteiger partial charge in [-0.3, -0.25) is 9.59 Å². The highest BCUT2D eigenvalue weighted by Gasteiger charge is 2.54. The predicted octanol–water partition coefficient (Wildman–Crippen LogP) is 1.76. The molecule has 2 amide bonds. The highest BCUT2D eigenvalue weighted by molar-refractivity contribution is 5.88. The highest BCUT2D eigenvalue weighted by atomic mass is 16.5. The van der Waals surface area contributed by atoms with Gasteiger partial charge in [0.15, 0.2) is 0 Å². The number of rotatable bonds is 4. The molecule has 1 saturated carbocycles. The van der Waals surface area contributed by atoms with Gasteiger partial charge in [0.25, 0.3) is 0 Å². The van der Waals surface area contributed by atoms with Crippen LogP contribution < -0.4 is 0 Å². The lowest BCUT2D eigenvalue weighted by molar-refractivity contribution is -0.168. The second-order valence-electron chi connectivity index (χ2n) is 8.55. The number of hydrogen-bond donors (Lipinski definition) is 1. The lowest BCUT2D eigenvalue weighted by Crippen LogP contribution is -2.73. The van der Waals surface area contributed by atoms with Gasteiger partial charge in [-0.05, 0) is 30.5 Å². The average molecular weight is 411 g/mol. The Hall–Kier alpha value is -2.36. The molecule has 6 nitrogen and oxygen atoms in total. The van der Waals surface area contributed by atoms with Crippen molar-refractivity contribution in [2.75, 3.05) is 33.4 Å². The number of amides is 2. The quantitative estimate of drug-likeness (QED) is 0.768. The molecule has 0 spiro atoms. The van der Waals surface area contributed by atoms with Gasteiger partial charge in [-0.1, -0.05) is 43.2 Å². The van der Waals surface area contributed by atoms with E-state index in [1.807, 2.05) is 24.3 Å². The number of nitrogens with zero attached hydrogens (tertiary/aromatic N) is 2. The van der Waals surface area contributed by atoms with Crippen LogP contribution in [0.3, 0.4) is 0 Å². The molecule has 2 heterocycles.